The smallest absolute Gasteiger partial charge is 0.273 e. The van der Waals surface area contributed by atoms with Crippen molar-refractivity contribution >= 4 is 23.3 Å². The van der Waals surface area contributed by atoms with Crippen LogP contribution in [0.2, 0.25) is 0 Å². The van der Waals surface area contributed by atoms with Gasteiger partial charge in [0.15, 0.2) is 5.69 Å². The lowest BCUT2D eigenvalue weighted by molar-refractivity contribution is -0.133. The van der Waals surface area contributed by atoms with Gasteiger partial charge in [0.1, 0.15) is 0 Å². The van der Waals surface area contributed by atoms with Gasteiger partial charge < -0.3 is 10.2 Å². The van der Waals surface area contributed by atoms with Crippen LogP contribution in [0.15, 0.2) is 35.7 Å². The summed E-state index contributed by atoms with van der Waals surface area (Å²) in [7, 11) is 0. The van der Waals surface area contributed by atoms with E-state index in [0.717, 1.165) is 42.8 Å². The monoisotopic (exact) mass is 358 g/mol. The van der Waals surface area contributed by atoms with Gasteiger partial charge in [0.2, 0.25) is 5.91 Å². The van der Waals surface area contributed by atoms with Gasteiger partial charge in [-0.3, -0.25) is 9.59 Å². The fraction of sp³-hybridized carbons (Fsp3) is 0.444. The molecule has 3 rings (SSSR count). The Kier molecular flexibility index (Phi) is 6.11. The van der Waals surface area contributed by atoms with Crippen LogP contribution >= 0.6 is 11.5 Å². The quantitative estimate of drug-likeness (QED) is 0.861. The molecule has 0 atom stereocenters. The van der Waals surface area contributed by atoms with E-state index < -0.39 is 0 Å². The van der Waals surface area contributed by atoms with Crippen molar-refractivity contribution in [1.82, 2.24) is 19.8 Å². The third-order valence-corrected chi connectivity index (χ3v) is 5.03. The molecule has 25 heavy (non-hydrogen) atoms. The Balaban J connectivity index is 1.64. The maximum atomic E-state index is 12.8. The molecule has 0 saturated heterocycles. The van der Waals surface area contributed by atoms with Gasteiger partial charge in [-0.1, -0.05) is 54.1 Å². The lowest BCUT2D eigenvalue weighted by Crippen LogP contribution is -2.46. The summed E-state index contributed by atoms with van der Waals surface area (Å²) in [4.78, 5) is 26.7. The predicted molar refractivity (Wildman–Crippen MR) is 96.1 cm³/mol. The molecule has 0 unspecified atom stereocenters. The largest absolute Gasteiger partial charge is 0.342 e. The Hall–Kier alpha value is -2.28. The Bertz CT molecular complexity index is 684. The minimum atomic E-state index is -0.356. The molecule has 1 aromatic heterocycles. The van der Waals surface area contributed by atoms with E-state index in [0.29, 0.717) is 6.54 Å². The van der Waals surface area contributed by atoms with Crippen LogP contribution in [-0.4, -0.2) is 38.9 Å². The van der Waals surface area contributed by atoms with Crippen LogP contribution in [0.1, 0.15) is 48.2 Å². The van der Waals surface area contributed by atoms with E-state index in [-0.39, 0.29) is 30.1 Å². The van der Waals surface area contributed by atoms with Crippen molar-refractivity contribution in [2.24, 2.45) is 0 Å². The van der Waals surface area contributed by atoms with E-state index in [4.69, 9.17) is 0 Å². The van der Waals surface area contributed by atoms with Crippen LogP contribution in [0, 0.1) is 0 Å². The number of nitrogens with one attached hydrogen (secondary N) is 1. The van der Waals surface area contributed by atoms with Crippen molar-refractivity contribution in [1.29, 1.82) is 0 Å². The Labute approximate surface area is 151 Å². The molecule has 0 bridgehead atoms. The maximum Gasteiger partial charge on any atom is 0.273 e. The second-order valence-corrected chi connectivity index (χ2v) is 6.88. The van der Waals surface area contributed by atoms with Crippen LogP contribution in [-0.2, 0) is 11.3 Å². The maximum absolute atomic E-state index is 12.8. The fourth-order valence-corrected chi connectivity index (χ4v) is 3.64. The number of amides is 2. The molecule has 1 N–H and O–H groups in total. The summed E-state index contributed by atoms with van der Waals surface area (Å²) in [6.45, 7) is 0.568. The summed E-state index contributed by atoms with van der Waals surface area (Å²) in [6.07, 6.45) is 5.60. The molecule has 1 aromatic carbocycles. The third kappa shape index (κ3) is 4.85. The highest BCUT2D eigenvalue weighted by Crippen LogP contribution is 2.24. The predicted octanol–water partition coefficient (Wildman–Crippen LogP) is 2.63. The number of hydrogen-bond donors (Lipinski definition) is 1. The second kappa shape index (κ2) is 8.71. The van der Waals surface area contributed by atoms with Crippen molar-refractivity contribution in [3.8, 4) is 0 Å². The first-order valence-electron chi connectivity index (χ1n) is 8.62. The van der Waals surface area contributed by atoms with Gasteiger partial charge in [-0.15, -0.1) is 5.10 Å². The van der Waals surface area contributed by atoms with Crippen LogP contribution in [0.25, 0.3) is 0 Å². The van der Waals surface area contributed by atoms with Crippen molar-refractivity contribution in [3.63, 3.8) is 0 Å². The van der Waals surface area contributed by atoms with Crippen LogP contribution in [0.3, 0.4) is 0 Å². The average molecular weight is 358 g/mol. The Morgan fingerprint density at radius 2 is 1.92 bits per heavy atom. The van der Waals surface area contributed by atoms with Crippen molar-refractivity contribution in [2.75, 3.05) is 6.54 Å². The van der Waals surface area contributed by atoms with Gasteiger partial charge in [-0.2, -0.15) is 0 Å². The van der Waals surface area contributed by atoms with E-state index in [1.807, 2.05) is 35.2 Å². The summed E-state index contributed by atoms with van der Waals surface area (Å²) < 4.78 is 3.67. The molecule has 6 nitrogen and oxygen atoms in total. The lowest BCUT2D eigenvalue weighted by Gasteiger charge is -2.34. The molecule has 132 valence electrons. The van der Waals surface area contributed by atoms with Gasteiger partial charge in [0.05, 0.1) is 6.54 Å². The topological polar surface area (TPSA) is 75.2 Å². The number of carbonyl (C=O) groups excluding carboxylic acids is 2. The number of carbonyl (C=O) groups is 2. The van der Waals surface area contributed by atoms with Crippen molar-refractivity contribution < 1.29 is 9.59 Å². The highest BCUT2D eigenvalue weighted by atomic mass is 32.1. The van der Waals surface area contributed by atoms with E-state index in [1.165, 1.54) is 6.42 Å². The molecular formula is C18H22N4O2S. The first kappa shape index (κ1) is 17.5. The molecule has 1 fully saturated rings. The van der Waals surface area contributed by atoms with E-state index >= 15 is 0 Å². The van der Waals surface area contributed by atoms with Gasteiger partial charge >= 0.3 is 0 Å². The fourth-order valence-electron chi connectivity index (χ4n) is 3.21. The zero-order valence-electron chi connectivity index (χ0n) is 14.1. The van der Waals surface area contributed by atoms with Crippen LogP contribution < -0.4 is 5.32 Å². The molecule has 0 spiro atoms. The lowest BCUT2D eigenvalue weighted by atomic mass is 9.93. The molecule has 0 aliphatic heterocycles. The highest BCUT2D eigenvalue weighted by Gasteiger charge is 2.26. The SMILES string of the molecule is O=C(NCC(=O)N(Cc1ccccc1)C1CCCCC1)c1csnn1. The van der Waals surface area contributed by atoms with Crippen molar-refractivity contribution in [2.45, 2.75) is 44.7 Å². The minimum absolute atomic E-state index is 0.0142. The van der Waals surface area contributed by atoms with Gasteiger partial charge in [-0.25, -0.2) is 0 Å². The standard InChI is InChI=1S/C18H22N4O2S/c23-17(11-19-18(24)16-13-25-21-20-16)22(15-9-5-2-6-10-15)12-14-7-3-1-4-8-14/h1,3-4,7-8,13,15H,2,5-6,9-12H2,(H,19,24). The number of benzene rings is 1. The molecule has 1 aliphatic rings. The number of hydrogen-bond acceptors (Lipinski definition) is 5. The molecule has 7 heteroatoms. The average Bonchev–Trinajstić information content (AvgIpc) is 3.20. The van der Waals surface area contributed by atoms with Crippen LogP contribution in [0.4, 0.5) is 0 Å². The van der Waals surface area contributed by atoms with E-state index in [9.17, 15) is 9.59 Å². The summed E-state index contributed by atoms with van der Waals surface area (Å²) in [5.74, 6) is -0.405. The highest BCUT2D eigenvalue weighted by molar-refractivity contribution is 7.03. The number of rotatable bonds is 6. The zero-order chi connectivity index (χ0) is 17.5. The van der Waals surface area contributed by atoms with Gasteiger partial charge in [0, 0.05) is 18.0 Å². The Morgan fingerprint density at radius 1 is 1.16 bits per heavy atom. The summed E-state index contributed by atoms with van der Waals surface area (Å²) in [5.41, 5.74) is 1.36. The number of aromatic nitrogens is 2. The van der Waals surface area contributed by atoms with Crippen molar-refractivity contribution in [3.05, 3.63) is 47.0 Å². The summed E-state index contributed by atoms with van der Waals surface area (Å²) in [6, 6.07) is 10.2. The second-order valence-electron chi connectivity index (χ2n) is 6.27. The molecule has 2 aromatic rings. The molecular weight excluding hydrogens is 336 g/mol. The zero-order valence-corrected chi connectivity index (χ0v) is 14.9. The molecule has 1 saturated carbocycles. The summed E-state index contributed by atoms with van der Waals surface area (Å²) in [5, 5.41) is 7.96. The first-order chi connectivity index (χ1) is 12.2. The number of nitrogens with zero attached hydrogens (tertiary/aromatic N) is 3. The molecule has 0 radical (unpaired) electrons. The third-order valence-electron chi connectivity index (χ3n) is 4.52. The van der Waals surface area contributed by atoms with Gasteiger partial charge in [-0.05, 0) is 29.9 Å². The van der Waals surface area contributed by atoms with E-state index in [2.05, 4.69) is 14.9 Å². The van der Waals surface area contributed by atoms with Gasteiger partial charge in [0.25, 0.3) is 5.91 Å². The first-order valence-corrected chi connectivity index (χ1v) is 9.46. The normalized spacial score (nSPS) is 14.9. The molecule has 1 heterocycles. The minimum Gasteiger partial charge on any atom is -0.342 e. The van der Waals surface area contributed by atoms with Crippen LogP contribution in [0.5, 0.6) is 0 Å². The molecule has 1 aliphatic carbocycles. The summed E-state index contributed by atoms with van der Waals surface area (Å²) >= 11 is 1.12. The molecule has 2 amide bonds. The Morgan fingerprint density at radius 3 is 2.60 bits per heavy atom. The van der Waals surface area contributed by atoms with E-state index in [1.54, 1.807) is 5.38 Å².